The summed E-state index contributed by atoms with van der Waals surface area (Å²) in [6.07, 6.45) is 10.8. The Morgan fingerprint density at radius 2 is 1.77 bits per heavy atom. The third-order valence-electron chi connectivity index (χ3n) is 8.33. The fourth-order valence-corrected chi connectivity index (χ4v) is 8.20. The first-order valence-corrected chi connectivity index (χ1v) is 15.4. The predicted molar refractivity (Wildman–Crippen MR) is 150 cm³/mol. The number of hydrogen-bond acceptors (Lipinski definition) is 7. The number of fused-ring (bicyclic) bond motifs is 3. The van der Waals surface area contributed by atoms with Gasteiger partial charge in [-0.05, 0) is 80.7 Å². The summed E-state index contributed by atoms with van der Waals surface area (Å²) in [6, 6.07) is 9.50. The summed E-state index contributed by atoms with van der Waals surface area (Å²) in [5.41, 5.74) is 2.76. The maximum atomic E-state index is 13.4. The molecule has 1 aromatic carbocycles. The fourth-order valence-electron chi connectivity index (χ4n) is 6.22. The number of aromatic amines is 1. The van der Waals surface area contributed by atoms with Crippen LogP contribution in [0.3, 0.4) is 0 Å². The SMILES string of the molecule is COc1ccc(OCC2CCCN(S(=O)(=O)CC3CCC(c4[nH]cnc5cnc6nccc6c45)CC3)C2)cc1. The van der Waals surface area contributed by atoms with E-state index in [-0.39, 0.29) is 17.6 Å². The van der Waals surface area contributed by atoms with Crippen LogP contribution in [0.15, 0.2) is 49.1 Å². The van der Waals surface area contributed by atoms with Gasteiger partial charge >= 0.3 is 0 Å². The molecule has 1 aliphatic carbocycles. The van der Waals surface area contributed by atoms with Gasteiger partial charge in [0.25, 0.3) is 0 Å². The normalized spacial score (nSPS) is 22.7. The topological polar surface area (TPSA) is 110 Å². The molecular weight excluding hydrogens is 514 g/mol. The highest BCUT2D eigenvalue weighted by Crippen LogP contribution is 2.39. The Morgan fingerprint density at radius 1 is 0.974 bits per heavy atom. The molecule has 10 heteroatoms. The van der Waals surface area contributed by atoms with Crippen molar-refractivity contribution in [2.45, 2.75) is 44.4 Å². The number of nitrogens with one attached hydrogen (secondary N) is 1. The molecule has 1 unspecified atom stereocenters. The van der Waals surface area contributed by atoms with Crippen molar-refractivity contribution in [3.63, 3.8) is 0 Å². The first kappa shape index (κ1) is 26.0. The fraction of sp³-hybridized carbons (Fsp3) is 0.483. The van der Waals surface area contributed by atoms with Gasteiger partial charge in [-0.15, -0.1) is 0 Å². The Kier molecular flexibility index (Phi) is 7.40. The molecule has 4 heterocycles. The highest BCUT2D eigenvalue weighted by Gasteiger charge is 2.33. The number of aromatic nitrogens is 4. The van der Waals surface area contributed by atoms with Crippen molar-refractivity contribution in [2.24, 2.45) is 11.8 Å². The maximum Gasteiger partial charge on any atom is 0.214 e. The van der Waals surface area contributed by atoms with Gasteiger partial charge in [-0.1, -0.05) is 0 Å². The van der Waals surface area contributed by atoms with Crippen LogP contribution in [0.4, 0.5) is 0 Å². The number of hydrogen-bond donors (Lipinski definition) is 1. The summed E-state index contributed by atoms with van der Waals surface area (Å²) in [4.78, 5) is 16.7. The van der Waals surface area contributed by atoms with Crippen LogP contribution < -0.4 is 9.47 Å². The maximum absolute atomic E-state index is 13.4. The van der Waals surface area contributed by atoms with E-state index >= 15 is 0 Å². The zero-order valence-corrected chi connectivity index (χ0v) is 23.1. The molecule has 0 radical (unpaired) electrons. The Labute approximate surface area is 229 Å². The molecule has 1 saturated carbocycles. The van der Waals surface area contributed by atoms with E-state index in [0.29, 0.717) is 25.6 Å². The van der Waals surface area contributed by atoms with Crippen LogP contribution >= 0.6 is 0 Å². The quantitative estimate of drug-likeness (QED) is 0.333. The summed E-state index contributed by atoms with van der Waals surface area (Å²) in [5.74, 6) is 2.50. The van der Waals surface area contributed by atoms with Gasteiger partial charge < -0.3 is 14.5 Å². The van der Waals surface area contributed by atoms with Gasteiger partial charge in [0, 0.05) is 41.7 Å². The van der Waals surface area contributed by atoms with Crippen molar-refractivity contribution in [1.82, 2.24) is 24.2 Å². The minimum absolute atomic E-state index is 0.178. The number of piperidine rings is 1. The molecule has 0 spiro atoms. The predicted octanol–water partition coefficient (Wildman–Crippen LogP) is 4.91. The zero-order valence-electron chi connectivity index (χ0n) is 22.3. The van der Waals surface area contributed by atoms with Gasteiger partial charge in [-0.25, -0.2) is 27.7 Å². The van der Waals surface area contributed by atoms with E-state index in [0.717, 1.165) is 77.7 Å². The number of nitrogens with zero attached hydrogens (tertiary/aromatic N) is 4. The van der Waals surface area contributed by atoms with Gasteiger partial charge in [-0.3, -0.25) is 0 Å². The molecule has 1 atom stereocenters. The summed E-state index contributed by atoms with van der Waals surface area (Å²) >= 11 is 0. The molecular formula is C29H35N5O4S. The molecule has 9 nitrogen and oxygen atoms in total. The Bertz CT molecular complexity index is 1530. The molecule has 4 aromatic rings. The second-order valence-electron chi connectivity index (χ2n) is 10.9. The molecule has 2 fully saturated rings. The largest absolute Gasteiger partial charge is 0.497 e. The molecule has 1 N–H and O–H groups in total. The molecule has 1 saturated heterocycles. The average Bonchev–Trinajstić information content (AvgIpc) is 3.46. The third kappa shape index (κ3) is 5.58. The average molecular weight is 550 g/mol. The van der Waals surface area contributed by atoms with Crippen LogP contribution in [0, 0.1) is 11.8 Å². The minimum atomic E-state index is -3.32. The van der Waals surface area contributed by atoms with Crippen molar-refractivity contribution in [3.8, 4) is 11.5 Å². The lowest BCUT2D eigenvalue weighted by Gasteiger charge is -2.34. The molecule has 206 valence electrons. The van der Waals surface area contributed by atoms with Crippen LogP contribution in [0.2, 0.25) is 0 Å². The minimum Gasteiger partial charge on any atom is -0.497 e. The van der Waals surface area contributed by atoms with Gasteiger partial charge in [0.1, 0.15) is 11.5 Å². The number of methoxy groups -OCH3 is 1. The van der Waals surface area contributed by atoms with Crippen molar-refractivity contribution in [3.05, 3.63) is 54.7 Å². The zero-order chi connectivity index (χ0) is 26.8. The monoisotopic (exact) mass is 549 g/mol. The van der Waals surface area contributed by atoms with E-state index < -0.39 is 10.0 Å². The molecule has 6 rings (SSSR count). The molecule has 2 aliphatic rings. The number of rotatable bonds is 8. The first-order valence-electron chi connectivity index (χ1n) is 13.8. The smallest absolute Gasteiger partial charge is 0.214 e. The van der Waals surface area contributed by atoms with Crippen molar-refractivity contribution in [1.29, 1.82) is 0 Å². The lowest BCUT2D eigenvalue weighted by molar-refractivity contribution is 0.179. The van der Waals surface area contributed by atoms with Crippen LogP contribution in [-0.4, -0.2) is 65.2 Å². The Balaban J connectivity index is 1.05. The van der Waals surface area contributed by atoms with Gasteiger partial charge in [0.15, 0.2) is 5.65 Å². The van der Waals surface area contributed by atoms with Crippen molar-refractivity contribution < 1.29 is 17.9 Å². The Hall–Kier alpha value is -3.24. The van der Waals surface area contributed by atoms with E-state index in [9.17, 15) is 8.42 Å². The molecule has 0 amide bonds. The third-order valence-corrected chi connectivity index (χ3v) is 10.3. The van der Waals surface area contributed by atoms with Crippen LogP contribution in [-0.2, 0) is 10.0 Å². The standard InChI is InChI=1S/C29H35N5O4S/c1-37-23-8-10-24(11-9-23)38-17-21-3-2-14-34(16-21)39(35,36)18-20-4-6-22(7-5-20)28-27-25-12-13-30-29(25)31-15-26(27)32-19-33-28/h8-13,15,19-22H,2-7,14,16-18H2,1H3,(H,32,33). The van der Waals surface area contributed by atoms with Crippen molar-refractivity contribution >= 4 is 32.0 Å². The molecule has 1 aliphatic heterocycles. The van der Waals surface area contributed by atoms with Crippen LogP contribution in [0.1, 0.15) is 50.1 Å². The summed E-state index contributed by atoms with van der Waals surface area (Å²) in [7, 11) is -1.68. The lowest BCUT2D eigenvalue weighted by Crippen LogP contribution is -2.43. The lowest BCUT2D eigenvalue weighted by atomic mass is 9.80. The summed E-state index contributed by atoms with van der Waals surface area (Å²) in [5, 5.41) is 2.11. The van der Waals surface area contributed by atoms with E-state index in [1.807, 2.05) is 30.3 Å². The second-order valence-corrected chi connectivity index (χ2v) is 12.9. The van der Waals surface area contributed by atoms with Gasteiger partial charge in [0.2, 0.25) is 10.0 Å². The van der Waals surface area contributed by atoms with E-state index in [1.54, 1.807) is 30.1 Å². The van der Waals surface area contributed by atoms with Crippen LogP contribution in [0.25, 0.3) is 21.9 Å². The first-order chi connectivity index (χ1) is 19.0. The number of ether oxygens (including phenoxy) is 2. The van der Waals surface area contributed by atoms with E-state index in [4.69, 9.17) is 9.47 Å². The number of sulfonamides is 1. The molecule has 0 bridgehead atoms. The summed E-state index contributed by atoms with van der Waals surface area (Å²) in [6.45, 7) is 1.65. The molecule has 39 heavy (non-hydrogen) atoms. The second kappa shape index (κ2) is 11.1. The highest BCUT2D eigenvalue weighted by molar-refractivity contribution is 7.89. The number of benzene rings is 1. The van der Waals surface area contributed by atoms with Crippen LogP contribution in [0.5, 0.6) is 11.5 Å². The van der Waals surface area contributed by atoms with E-state index in [2.05, 4.69) is 19.9 Å². The number of pyridine rings is 1. The Morgan fingerprint density at radius 3 is 2.56 bits per heavy atom. The van der Waals surface area contributed by atoms with Crippen molar-refractivity contribution in [2.75, 3.05) is 32.6 Å². The van der Waals surface area contributed by atoms with Gasteiger partial charge in [-0.2, -0.15) is 0 Å². The highest BCUT2D eigenvalue weighted by atomic mass is 32.2. The summed E-state index contributed by atoms with van der Waals surface area (Å²) < 4.78 is 39.7. The van der Waals surface area contributed by atoms with E-state index in [1.165, 1.54) is 0 Å². The number of H-pyrrole nitrogens is 1. The van der Waals surface area contributed by atoms with Gasteiger partial charge in [0.05, 0.1) is 37.5 Å². The molecule has 3 aromatic heterocycles.